The standard InChI is InChI=1S/C18H15NO7S/c1-19-16(20)15(27-18(19)23)8-10-3-5-12(14(7-10)24-2)25-9-11-4-6-13(26-11)17(21)22/h3-8H,9H2,1-2H3,(H,21,22)/b15-8+. The first kappa shape index (κ1) is 18.6. The number of carboxylic acids is 1. The van der Waals surface area contributed by atoms with Gasteiger partial charge in [-0.3, -0.25) is 14.5 Å². The van der Waals surface area contributed by atoms with Crippen molar-refractivity contribution in [1.29, 1.82) is 0 Å². The highest BCUT2D eigenvalue weighted by molar-refractivity contribution is 8.18. The normalized spacial score (nSPS) is 15.5. The second-order valence-electron chi connectivity index (χ2n) is 5.51. The highest BCUT2D eigenvalue weighted by atomic mass is 32.2. The van der Waals surface area contributed by atoms with Gasteiger partial charge in [0.25, 0.3) is 11.1 Å². The van der Waals surface area contributed by atoms with Gasteiger partial charge in [0, 0.05) is 7.05 Å². The summed E-state index contributed by atoms with van der Waals surface area (Å²) < 4.78 is 16.1. The Balaban J connectivity index is 1.75. The van der Waals surface area contributed by atoms with Crippen molar-refractivity contribution < 1.29 is 33.4 Å². The first-order valence-corrected chi connectivity index (χ1v) is 8.55. The summed E-state index contributed by atoms with van der Waals surface area (Å²) in [5.74, 6) is -0.469. The van der Waals surface area contributed by atoms with Crippen LogP contribution in [0.15, 0.2) is 39.7 Å². The van der Waals surface area contributed by atoms with Gasteiger partial charge in [0.05, 0.1) is 12.0 Å². The molecule has 3 rings (SSSR count). The zero-order chi connectivity index (χ0) is 19.6. The van der Waals surface area contributed by atoms with Crippen LogP contribution in [0.25, 0.3) is 6.08 Å². The van der Waals surface area contributed by atoms with E-state index in [2.05, 4.69) is 0 Å². The minimum absolute atomic E-state index is 0.0255. The number of thioether (sulfide) groups is 1. The Morgan fingerprint density at radius 1 is 1.26 bits per heavy atom. The number of hydrogen-bond donors (Lipinski definition) is 1. The largest absolute Gasteiger partial charge is 0.493 e. The predicted molar refractivity (Wildman–Crippen MR) is 96.7 cm³/mol. The molecule has 1 aromatic heterocycles. The summed E-state index contributed by atoms with van der Waals surface area (Å²) in [7, 11) is 2.90. The Kier molecular flexibility index (Phi) is 5.22. The highest BCUT2D eigenvalue weighted by Gasteiger charge is 2.31. The fourth-order valence-electron chi connectivity index (χ4n) is 2.31. The van der Waals surface area contributed by atoms with E-state index in [9.17, 15) is 14.4 Å². The summed E-state index contributed by atoms with van der Waals surface area (Å²) in [6.45, 7) is 0.0255. The lowest BCUT2D eigenvalue weighted by molar-refractivity contribution is -0.121. The molecule has 2 aromatic rings. The van der Waals surface area contributed by atoms with Crippen LogP contribution in [0, 0.1) is 0 Å². The van der Waals surface area contributed by atoms with Crippen LogP contribution in [0.5, 0.6) is 11.5 Å². The van der Waals surface area contributed by atoms with Crippen LogP contribution >= 0.6 is 11.8 Å². The quantitative estimate of drug-likeness (QED) is 0.751. The van der Waals surface area contributed by atoms with E-state index in [4.69, 9.17) is 19.0 Å². The molecule has 8 nitrogen and oxygen atoms in total. The second-order valence-corrected chi connectivity index (χ2v) is 6.50. The number of methoxy groups -OCH3 is 1. The van der Waals surface area contributed by atoms with Crippen molar-refractivity contribution in [2.75, 3.05) is 14.2 Å². The van der Waals surface area contributed by atoms with Crippen LogP contribution in [0.4, 0.5) is 4.79 Å². The average molecular weight is 389 g/mol. The van der Waals surface area contributed by atoms with E-state index in [0.29, 0.717) is 27.7 Å². The molecule has 1 aromatic carbocycles. The number of imide groups is 1. The van der Waals surface area contributed by atoms with Crippen LogP contribution in [0.3, 0.4) is 0 Å². The number of amides is 2. The van der Waals surface area contributed by atoms with Gasteiger partial charge < -0.3 is 19.0 Å². The number of carboxylic acid groups (broad SMARTS) is 1. The minimum Gasteiger partial charge on any atom is -0.493 e. The summed E-state index contributed by atoms with van der Waals surface area (Å²) in [5, 5.41) is 8.53. The number of nitrogens with zero attached hydrogens (tertiary/aromatic N) is 1. The van der Waals surface area contributed by atoms with Gasteiger partial charge in [-0.05, 0) is 47.7 Å². The summed E-state index contributed by atoms with van der Waals surface area (Å²) >= 11 is 0.873. The third kappa shape index (κ3) is 3.98. The Labute approximate surface area is 158 Å². The predicted octanol–water partition coefficient (Wildman–Crippen LogP) is 3.23. The lowest BCUT2D eigenvalue weighted by atomic mass is 10.2. The molecule has 9 heteroatoms. The number of furan rings is 1. The van der Waals surface area contributed by atoms with E-state index in [1.54, 1.807) is 24.3 Å². The van der Waals surface area contributed by atoms with Gasteiger partial charge in [0.15, 0.2) is 11.5 Å². The summed E-state index contributed by atoms with van der Waals surface area (Å²) in [6.07, 6.45) is 1.60. The molecule has 1 saturated heterocycles. The summed E-state index contributed by atoms with van der Waals surface area (Å²) in [5.41, 5.74) is 0.671. The molecule has 0 radical (unpaired) electrons. The smallest absolute Gasteiger partial charge is 0.371 e. The molecule has 0 unspecified atom stereocenters. The molecular formula is C18H15NO7S. The highest BCUT2D eigenvalue weighted by Crippen LogP contribution is 2.34. The van der Waals surface area contributed by atoms with E-state index >= 15 is 0 Å². The molecule has 0 aliphatic carbocycles. The van der Waals surface area contributed by atoms with Crippen molar-refractivity contribution in [1.82, 2.24) is 4.90 Å². The Bertz CT molecular complexity index is 947. The number of rotatable bonds is 6. The topological polar surface area (TPSA) is 106 Å². The third-order valence-corrected chi connectivity index (χ3v) is 4.68. The van der Waals surface area contributed by atoms with Gasteiger partial charge in [0.1, 0.15) is 12.4 Å². The van der Waals surface area contributed by atoms with Crippen LogP contribution in [-0.4, -0.2) is 41.3 Å². The van der Waals surface area contributed by atoms with E-state index in [1.807, 2.05) is 0 Å². The number of aromatic carboxylic acids is 1. The number of ether oxygens (including phenoxy) is 2. The Morgan fingerprint density at radius 3 is 2.63 bits per heavy atom. The van der Waals surface area contributed by atoms with Gasteiger partial charge in [0.2, 0.25) is 5.76 Å². The summed E-state index contributed by atoms with van der Waals surface area (Å²) in [6, 6.07) is 7.91. The number of carbonyl (C=O) groups excluding carboxylic acids is 2. The van der Waals surface area contributed by atoms with Crippen LogP contribution in [0.1, 0.15) is 21.9 Å². The van der Waals surface area contributed by atoms with Gasteiger partial charge in [-0.1, -0.05) is 6.07 Å². The molecule has 1 aliphatic rings. The van der Waals surface area contributed by atoms with E-state index in [0.717, 1.165) is 16.7 Å². The number of benzene rings is 1. The van der Waals surface area contributed by atoms with E-state index in [-0.39, 0.29) is 23.5 Å². The number of likely N-dealkylation sites (N-methyl/N-ethyl adjacent to an activating group) is 1. The Hall–Kier alpha value is -3.20. The van der Waals surface area contributed by atoms with Crippen LogP contribution in [-0.2, 0) is 11.4 Å². The maximum absolute atomic E-state index is 12.0. The molecule has 1 aliphatic heterocycles. The first-order valence-electron chi connectivity index (χ1n) is 7.73. The second kappa shape index (κ2) is 7.58. The fourth-order valence-corrected chi connectivity index (χ4v) is 3.14. The number of hydrogen-bond acceptors (Lipinski definition) is 7. The molecule has 27 heavy (non-hydrogen) atoms. The Morgan fingerprint density at radius 2 is 2.04 bits per heavy atom. The molecule has 2 amide bonds. The lowest BCUT2D eigenvalue weighted by Gasteiger charge is -2.10. The van der Waals surface area contributed by atoms with Gasteiger partial charge in [-0.2, -0.15) is 0 Å². The molecule has 2 heterocycles. The van der Waals surface area contributed by atoms with Crippen molar-refractivity contribution in [2.24, 2.45) is 0 Å². The molecule has 140 valence electrons. The first-order chi connectivity index (χ1) is 12.9. The zero-order valence-corrected chi connectivity index (χ0v) is 15.2. The molecule has 0 spiro atoms. The molecule has 0 saturated carbocycles. The fraction of sp³-hybridized carbons (Fsp3) is 0.167. The van der Waals surface area contributed by atoms with Crippen molar-refractivity contribution in [3.63, 3.8) is 0 Å². The molecule has 0 bridgehead atoms. The monoisotopic (exact) mass is 389 g/mol. The molecule has 1 N–H and O–H groups in total. The third-order valence-electron chi connectivity index (χ3n) is 3.71. The van der Waals surface area contributed by atoms with Crippen molar-refractivity contribution in [3.8, 4) is 11.5 Å². The lowest BCUT2D eigenvalue weighted by Crippen LogP contribution is -2.22. The van der Waals surface area contributed by atoms with Crippen molar-refractivity contribution >= 4 is 35.0 Å². The van der Waals surface area contributed by atoms with Gasteiger partial charge in [-0.25, -0.2) is 4.79 Å². The van der Waals surface area contributed by atoms with Gasteiger partial charge in [-0.15, -0.1) is 0 Å². The summed E-state index contributed by atoms with van der Waals surface area (Å²) in [4.78, 5) is 35.7. The van der Waals surface area contributed by atoms with Crippen molar-refractivity contribution in [2.45, 2.75) is 6.61 Å². The van der Waals surface area contributed by atoms with E-state index < -0.39 is 5.97 Å². The van der Waals surface area contributed by atoms with Gasteiger partial charge >= 0.3 is 5.97 Å². The van der Waals surface area contributed by atoms with Crippen molar-refractivity contribution in [3.05, 3.63) is 52.3 Å². The van der Waals surface area contributed by atoms with E-state index in [1.165, 1.54) is 26.3 Å². The maximum atomic E-state index is 12.0. The SMILES string of the molecule is COc1cc(/C=C2/SC(=O)N(C)C2=O)ccc1OCc1ccc(C(=O)O)o1. The number of carbonyl (C=O) groups is 3. The molecule has 0 atom stereocenters. The average Bonchev–Trinajstić information content (AvgIpc) is 3.22. The van der Waals surface area contributed by atoms with Crippen LogP contribution < -0.4 is 9.47 Å². The van der Waals surface area contributed by atoms with Crippen LogP contribution in [0.2, 0.25) is 0 Å². The molecular weight excluding hydrogens is 374 g/mol. The zero-order valence-electron chi connectivity index (χ0n) is 14.4. The maximum Gasteiger partial charge on any atom is 0.371 e. The molecule has 1 fully saturated rings. The minimum atomic E-state index is -1.15.